The SMILES string of the molecule is CN(C)CCOC(=S)c1ccccc1.Cl. The number of hydrogen-bond donors (Lipinski definition) is 0. The van der Waals surface area contributed by atoms with Crippen LogP contribution in [-0.2, 0) is 4.74 Å². The van der Waals surface area contributed by atoms with Gasteiger partial charge in [-0.3, -0.25) is 0 Å². The smallest absolute Gasteiger partial charge is 0.191 e. The summed E-state index contributed by atoms with van der Waals surface area (Å²) in [5.74, 6) is 0. The Morgan fingerprint density at radius 1 is 1.27 bits per heavy atom. The van der Waals surface area contributed by atoms with E-state index in [1.165, 1.54) is 0 Å². The largest absolute Gasteiger partial charge is 0.482 e. The average molecular weight is 246 g/mol. The van der Waals surface area contributed by atoms with Gasteiger partial charge in [-0.15, -0.1) is 12.4 Å². The minimum Gasteiger partial charge on any atom is -0.482 e. The van der Waals surface area contributed by atoms with E-state index in [9.17, 15) is 0 Å². The van der Waals surface area contributed by atoms with Crippen LogP contribution in [0.15, 0.2) is 30.3 Å². The lowest BCUT2D eigenvalue weighted by atomic mass is 10.2. The minimum absolute atomic E-state index is 0. The summed E-state index contributed by atoms with van der Waals surface area (Å²) in [6.45, 7) is 1.52. The highest BCUT2D eigenvalue weighted by Gasteiger charge is 2.00. The Hall–Kier alpha value is -0.640. The first kappa shape index (κ1) is 14.4. The maximum atomic E-state index is 5.43. The van der Waals surface area contributed by atoms with Crippen LogP contribution in [0.5, 0.6) is 0 Å². The highest BCUT2D eigenvalue weighted by atomic mass is 35.5. The summed E-state index contributed by atoms with van der Waals surface area (Å²) in [6, 6.07) is 9.79. The predicted molar refractivity (Wildman–Crippen MR) is 69.9 cm³/mol. The number of benzene rings is 1. The summed E-state index contributed by atoms with van der Waals surface area (Å²) in [5.41, 5.74) is 0.973. The van der Waals surface area contributed by atoms with Crippen molar-refractivity contribution in [1.82, 2.24) is 4.90 Å². The van der Waals surface area contributed by atoms with E-state index < -0.39 is 0 Å². The highest BCUT2D eigenvalue weighted by Crippen LogP contribution is 2.02. The highest BCUT2D eigenvalue weighted by molar-refractivity contribution is 7.80. The van der Waals surface area contributed by atoms with Gasteiger partial charge in [-0.2, -0.15) is 0 Å². The van der Waals surface area contributed by atoms with Crippen LogP contribution in [0, 0.1) is 0 Å². The number of rotatable bonds is 4. The van der Waals surface area contributed by atoms with Crippen molar-refractivity contribution < 1.29 is 4.74 Å². The van der Waals surface area contributed by atoms with Crippen molar-refractivity contribution in [2.75, 3.05) is 27.2 Å². The second-order valence-corrected chi connectivity index (χ2v) is 3.68. The molecule has 0 aliphatic heterocycles. The molecule has 0 bridgehead atoms. The molecule has 0 aliphatic rings. The van der Waals surface area contributed by atoms with E-state index in [0.29, 0.717) is 11.7 Å². The summed E-state index contributed by atoms with van der Waals surface area (Å²) in [5, 5.41) is 0.576. The molecule has 15 heavy (non-hydrogen) atoms. The van der Waals surface area contributed by atoms with Gasteiger partial charge in [0, 0.05) is 12.1 Å². The number of thiocarbonyl (C=S) groups is 1. The van der Waals surface area contributed by atoms with Crippen molar-refractivity contribution in [1.29, 1.82) is 0 Å². The number of halogens is 1. The third-order valence-corrected chi connectivity index (χ3v) is 2.13. The molecule has 0 spiro atoms. The molecule has 1 aromatic rings. The topological polar surface area (TPSA) is 12.5 Å². The fraction of sp³-hybridized carbons (Fsp3) is 0.364. The predicted octanol–water partition coefficient (Wildman–Crippen LogP) is 2.36. The van der Waals surface area contributed by atoms with Gasteiger partial charge in [0.05, 0.1) is 0 Å². The number of ether oxygens (including phenoxy) is 1. The minimum atomic E-state index is 0. The molecular weight excluding hydrogens is 230 g/mol. The van der Waals surface area contributed by atoms with E-state index in [1.54, 1.807) is 0 Å². The maximum absolute atomic E-state index is 5.43. The molecule has 4 heteroatoms. The lowest BCUT2D eigenvalue weighted by Crippen LogP contribution is -2.19. The normalized spacial score (nSPS) is 9.53. The second kappa shape index (κ2) is 7.63. The zero-order valence-corrected chi connectivity index (χ0v) is 10.6. The van der Waals surface area contributed by atoms with Gasteiger partial charge in [0.1, 0.15) is 6.61 Å². The average Bonchev–Trinajstić information content (AvgIpc) is 2.18. The van der Waals surface area contributed by atoms with E-state index in [-0.39, 0.29) is 12.4 Å². The van der Waals surface area contributed by atoms with Gasteiger partial charge in [-0.25, -0.2) is 0 Å². The fourth-order valence-corrected chi connectivity index (χ4v) is 1.20. The number of nitrogens with zero attached hydrogens (tertiary/aromatic N) is 1. The fourth-order valence-electron chi connectivity index (χ4n) is 0.978. The number of hydrogen-bond acceptors (Lipinski definition) is 3. The van der Waals surface area contributed by atoms with Crippen LogP contribution < -0.4 is 0 Å². The molecule has 0 fully saturated rings. The number of likely N-dealkylation sites (N-methyl/N-ethyl adjacent to an activating group) is 1. The molecule has 0 atom stereocenters. The van der Waals surface area contributed by atoms with Crippen molar-refractivity contribution in [3.8, 4) is 0 Å². The van der Waals surface area contributed by atoms with Crippen LogP contribution in [-0.4, -0.2) is 37.2 Å². The monoisotopic (exact) mass is 245 g/mol. The molecular formula is C11H16ClNOS. The summed E-state index contributed by atoms with van der Waals surface area (Å²) < 4.78 is 5.43. The van der Waals surface area contributed by atoms with Crippen LogP contribution >= 0.6 is 24.6 Å². The van der Waals surface area contributed by atoms with Gasteiger partial charge in [0.15, 0.2) is 5.05 Å². The van der Waals surface area contributed by atoms with Crippen LogP contribution in [0.2, 0.25) is 0 Å². The second-order valence-electron chi connectivity index (χ2n) is 3.31. The van der Waals surface area contributed by atoms with E-state index in [0.717, 1.165) is 12.1 Å². The molecule has 0 N–H and O–H groups in total. The Kier molecular flexibility index (Phi) is 7.30. The molecule has 1 aromatic carbocycles. The first-order valence-electron chi connectivity index (χ1n) is 4.57. The van der Waals surface area contributed by atoms with Gasteiger partial charge >= 0.3 is 0 Å². The summed E-state index contributed by atoms with van der Waals surface area (Å²) >= 11 is 5.13. The van der Waals surface area contributed by atoms with Gasteiger partial charge in [-0.05, 0) is 26.3 Å². The molecule has 0 heterocycles. The lowest BCUT2D eigenvalue weighted by molar-refractivity contribution is 0.257. The quantitative estimate of drug-likeness (QED) is 0.756. The van der Waals surface area contributed by atoms with E-state index in [2.05, 4.69) is 4.90 Å². The molecule has 2 nitrogen and oxygen atoms in total. The summed E-state index contributed by atoms with van der Waals surface area (Å²) in [7, 11) is 4.02. The first-order valence-corrected chi connectivity index (χ1v) is 4.98. The Labute approximate surface area is 103 Å². The van der Waals surface area contributed by atoms with Crippen molar-refractivity contribution >= 4 is 29.7 Å². The first-order chi connectivity index (χ1) is 6.70. The molecule has 0 radical (unpaired) electrons. The third kappa shape index (κ3) is 5.72. The molecule has 1 rings (SSSR count). The summed E-state index contributed by atoms with van der Waals surface area (Å²) in [6.07, 6.45) is 0. The Morgan fingerprint density at radius 3 is 2.40 bits per heavy atom. The summed E-state index contributed by atoms with van der Waals surface area (Å²) in [4.78, 5) is 2.06. The van der Waals surface area contributed by atoms with Crippen LogP contribution in [0.3, 0.4) is 0 Å². The molecule has 0 saturated heterocycles. The molecule has 0 aliphatic carbocycles. The maximum Gasteiger partial charge on any atom is 0.191 e. The van der Waals surface area contributed by atoms with Crippen molar-refractivity contribution in [2.45, 2.75) is 0 Å². The van der Waals surface area contributed by atoms with Crippen molar-refractivity contribution in [3.63, 3.8) is 0 Å². The third-order valence-electron chi connectivity index (χ3n) is 1.78. The van der Waals surface area contributed by atoms with Gasteiger partial charge < -0.3 is 9.64 Å². The van der Waals surface area contributed by atoms with Crippen LogP contribution in [0.1, 0.15) is 5.56 Å². The van der Waals surface area contributed by atoms with Gasteiger partial charge in [0.2, 0.25) is 0 Å². The molecule has 84 valence electrons. The van der Waals surface area contributed by atoms with E-state index in [4.69, 9.17) is 17.0 Å². The zero-order chi connectivity index (χ0) is 10.4. The standard InChI is InChI=1S/C11H15NOS.ClH/c1-12(2)8-9-13-11(14)10-6-4-3-5-7-10;/h3-7H,8-9H2,1-2H3;1H. The van der Waals surface area contributed by atoms with Gasteiger partial charge in [-0.1, -0.05) is 30.3 Å². The van der Waals surface area contributed by atoms with E-state index in [1.807, 2.05) is 44.4 Å². The molecule has 0 unspecified atom stereocenters. The Balaban J connectivity index is 0.00000196. The zero-order valence-electron chi connectivity index (χ0n) is 8.97. The molecule has 0 amide bonds. The lowest BCUT2D eigenvalue weighted by Gasteiger charge is -2.11. The van der Waals surface area contributed by atoms with E-state index >= 15 is 0 Å². The van der Waals surface area contributed by atoms with Crippen LogP contribution in [0.25, 0.3) is 0 Å². The Bertz CT molecular complexity index is 290. The molecule has 0 aromatic heterocycles. The van der Waals surface area contributed by atoms with Crippen LogP contribution in [0.4, 0.5) is 0 Å². The molecule has 0 saturated carbocycles. The van der Waals surface area contributed by atoms with Crippen molar-refractivity contribution in [2.24, 2.45) is 0 Å². The van der Waals surface area contributed by atoms with Gasteiger partial charge in [0.25, 0.3) is 0 Å². The van der Waals surface area contributed by atoms with Crippen molar-refractivity contribution in [3.05, 3.63) is 35.9 Å². The Morgan fingerprint density at radius 2 is 1.87 bits per heavy atom.